The van der Waals surface area contributed by atoms with E-state index in [2.05, 4.69) is 128 Å². The van der Waals surface area contributed by atoms with Crippen molar-refractivity contribution in [3.8, 4) is 23.0 Å². The van der Waals surface area contributed by atoms with E-state index in [0.717, 1.165) is 55.2 Å². The number of phenolic OH excluding ortho intramolecular Hbond substituents is 2. The lowest BCUT2D eigenvalue weighted by molar-refractivity contribution is -0.145. The van der Waals surface area contributed by atoms with E-state index >= 15 is 0 Å². The Morgan fingerprint density at radius 3 is 1.01 bits per heavy atom. The Hall–Kier alpha value is -8.52. The van der Waals surface area contributed by atoms with Gasteiger partial charge in [0.05, 0.1) is 14.2 Å². The minimum absolute atomic E-state index is 0.0667. The minimum atomic E-state index is -1.02. The number of H-pyrrole nitrogens is 2. The van der Waals surface area contributed by atoms with Crippen molar-refractivity contribution < 1.29 is 48.3 Å². The Kier molecular flexibility index (Phi) is 17.6. The number of amides is 2. The molecule has 2 atom stereocenters. The number of para-hydroxylation sites is 2. The number of methoxy groups -OCH3 is 2. The molecule has 0 saturated heterocycles. The van der Waals surface area contributed by atoms with Crippen LogP contribution in [0.15, 0.2) is 109 Å². The molecule has 9 rings (SSSR count). The van der Waals surface area contributed by atoms with Crippen LogP contribution in [-0.2, 0) is 88.8 Å². The van der Waals surface area contributed by atoms with Gasteiger partial charge in [0.25, 0.3) is 11.8 Å². The lowest BCUT2D eigenvalue weighted by Gasteiger charge is -2.28. The third kappa shape index (κ3) is 13.9. The van der Waals surface area contributed by atoms with E-state index in [4.69, 9.17) is 18.9 Å². The number of esters is 2. The first-order chi connectivity index (χ1) is 40.5. The Balaban J connectivity index is 1.17. The maximum atomic E-state index is 14.3. The number of nitrogens with one attached hydrogen (secondary N) is 4. The summed E-state index contributed by atoms with van der Waals surface area (Å²) in [6.45, 7) is 24.6. The fraction of sp³-hybridized carbons (Fsp3) is 0.389. The molecule has 2 aromatic heterocycles. The van der Waals surface area contributed by atoms with Crippen molar-refractivity contribution in [1.82, 2.24) is 20.6 Å². The average Bonchev–Trinajstić information content (AvgIpc) is 2.38. The van der Waals surface area contributed by atoms with Gasteiger partial charge in [-0.15, -0.1) is 0 Å². The number of hydrogen-bond donors (Lipinski definition) is 6. The molecule has 8 aromatic rings. The van der Waals surface area contributed by atoms with Crippen LogP contribution in [0.1, 0.15) is 161 Å². The van der Waals surface area contributed by atoms with Crippen LogP contribution in [0.5, 0.6) is 23.0 Å². The van der Waals surface area contributed by atoms with E-state index in [1.54, 1.807) is 0 Å². The van der Waals surface area contributed by atoms with Gasteiger partial charge >= 0.3 is 11.9 Å². The van der Waals surface area contributed by atoms with E-state index in [-0.39, 0.29) is 71.7 Å². The molecule has 1 aliphatic carbocycles. The van der Waals surface area contributed by atoms with Gasteiger partial charge in [0.15, 0.2) is 13.2 Å². The fourth-order valence-electron chi connectivity index (χ4n) is 11.5. The molecule has 8 bridgehead atoms. The van der Waals surface area contributed by atoms with Gasteiger partial charge < -0.3 is 49.8 Å². The number of hydrogen-bond acceptors (Lipinski definition) is 10. The molecule has 1 aliphatic rings. The summed E-state index contributed by atoms with van der Waals surface area (Å²) in [5.41, 5.74) is 11.1. The summed E-state index contributed by atoms with van der Waals surface area (Å²) >= 11 is 0. The van der Waals surface area contributed by atoms with Gasteiger partial charge in [-0.05, 0) is 112 Å². The van der Waals surface area contributed by atoms with E-state index in [1.165, 1.54) is 14.2 Å². The van der Waals surface area contributed by atoms with Gasteiger partial charge in [-0.3, -0.25) is 9.59 Å². The van der Waals surface area contributed by atoms with E-state index < -0.39 is 49.1 Å². The number of ether oxygens (including phenoxy) is 4. The zero-order chi connectivity index (χ0) is 62.2. The smallest absolute Gasteiger partial charge is 0.328 e. The summed E-state index contributed by atoms with van der Waals surface area (Å²) in [7, 11) is 2.59. The summed E-state index contributed by atoms with van der Waals surface area (Å²) in [6.07, 6.45) is 4.72. The second-order valence-corrected chi connectivity index (χ2v) is 27.2. The highest BCUT2D eigenvalue weighted by Crippen LogP contribution is 2.44. The van der Waals surface area contributed by atoms with Crippen LogP contribution in [-0.4, -0.2) is 83.5 Å². The van der Waals surface area contributed by atoms with Gasteiger partial charge in [-0.25, -0.2) is 9.59 Å². The molecular formula is C72H84N4O10. The van der Waals surface area contributed by atoms with Crippen molar-refractivity contribution in [1.29, 1.82) is 0 Å². The highest BCUT2D eigenvalue weighted by molar-refractivity contribution is 5.89. The predicted octanol–water partition coefficient (Wildman–Crippen LogP) is 12.5. The Morgan fingerprint density at radius 2 is 0.733 bits per heavy atom. The standard InChI is InChI=1S/C72H84N4O10/c1-69(2,3)51-27-41-23-45-31-53(71(7,8)9)33-47(65(45)85-39-61(77)75-59(67(81)83-13)35-49-37-73-57-21-17-15-19-55(49)57)25-43-29-52(70(4,5)6)30-44(64(43)80)26-48-34-54(72(10,11)12)32-46(24-42(28-51)63(41)79)66(48)86-40-62(78)76-60(68(82)84-14)36-50-38-74-58-22-18-16-20-56(50)58/h15-22,27-34,37-38,59-60,73-74,79-80H,23-26,35-36,39-40H2,1-14H3,(H,75,77)(H,76,78)/t59-,60-/m0/s1. The zero-order valence-corrected chi connectivity index (χ0v) is 52.4. The van der Waals surface area contributed by atoms with E-state index in [9.17, 15) is 29.4 Å². The number of phenols is 2. The summed E-state index contributed by atoms with van der Waals surface area (Å²) in [4.78, 5) is 61.9. The second-order valence-electron chi connectivity index (χ2n) is 27.2. The Bertz CT molecular complexity index is 3530. The maximum Gasteiger partial charge on any atom is 0.328 e. The zero-order valence-electron chi connectivity index (χ0n) is 52.4. The van der Waals surface area contributed by atoms with Gasteiger partial charge in [-0.2, -0.15) is 0 Å². The largest absolute Gasteiger partial charge is 0.507 e. The van der Waals surface area contributed by atoms with Crippen LogP contribution in [0.2, 0.25) is 0 Å². The molecule has 0 radical (unpaired) electrons. The SMILES string of the molecule is COC(=O)[C@H](Cc1c[nH]c2ccccc12)NC(=O)COc1c2cc(C(C)(C)C)cc1Cc1cc(C(C)(C)C)cc(c1O)Cc1cc(C(C)(C)C)cc(c1OCC(=O)N[C@@H](Cc1c[nH]c3ccccc13)C(=O)OC)Cc1cc(C(C)(C)C)cc(c1O)C2. The maximum absolute atomic E-state index is 14.3. The van der Waals surface area contributed by atoms with Crippen molar-refractivity contribution in [2.75, 3.05) is 27.4 Å². The molecule has 6 aromatic carbocycles. The van der Waals surface area contributed by atoms with Crippen LogP contribution in [0, 0.1) is 0 Å². The molecule has 0 fully saturated rings. The predicted molar refractivity (Wildman–Crippen MR) is 338 cm³/mol. The lowest BCUT2D eigenvalue weighted by atomic mass is 9.79. The van der Waals surface area contributed by atoms with Gasteiger partial charge in [0, 0.05) is 72.7 Å². The van der Waals surface area contributed by atoms with E-state index in [1.807, 2.05) is 85.2 Å². The normalized spacial score (nSPS) is 13.7. The number of aromatic amines is 2. The fourth-order valence-corrected chi connectivity index (χ4v) is 11.5. The van der Waals surface area contributed by atoms with Gasteiger partial charge in [0.2, 0.25) is 0 Å². The van der Waals surface area contributed by atoms with E-state index in [0.29, 0.717) is 56.0 Å². The number of rotatable bonds is 14. The molecule has 0 saturated carbocycles. The minimum Gasteiger partial charge on any atom is -0.507 e. The number of aromatic nitrogens is 2. The highest BCUT2D eigenvalue weighted by atomic mass is 16.5. The van der Waals surface area contributed by atoms with Crippen LogP contribution < -0.4 is 20.1 Å². The first-order valence-corrected chi connectivity index (χ1v) is 29.6. The molecule has 86 heavy (non-hydrogen) atoms. The quantitative estimate of drug-likeness (QED) is 0.0569. The lowest BCUT2D eigenvalue weighted by Crippen LogP contribution is -2.45. The molecule has 452 valence electrons. The van der Waals surface area contributed by atoms with Crippen molar-refractivity contribution in [3.63, 3.8) is 0 Å². The van der Waals surface area contributed by atoms with Crippen molar-refractivity contribution in [2.24, 2.45) is 0 Å². The van der Waals surface area contributed by atoms with Crippen LogP contribution in [0.4, 0.5) is 0 Å². The number of aromatic hydroxyl groups is 2. The topological polar surface area (TPSA) is 201 Å². The molecule has 14 heteroatoms. The molecular weight excluding hydrogens is 1080 g/mol. The molecule has 0 spiro atoms. The first-order valence-electron chi connectivity index (χ1n) is 29.6. The molecule has 2 heterocycles. The monoisotopic (exact) mass is 1160 g/mol. The third-order valence-corrected chi connectivity index (χ3v) is 16.5. The second kappa shape index (κ2) is 24.5. The molecule has 2 amide bonds. The number of fused-ring (bicyclic) bond motifs is 10. The summed E-state index contributed by atoms with van der Waals surface area (Å²) in [6, 6.07) is 29.9. The summed E-state index contributed by atoms with van der Waals surface area (Å²) in [5.74, 6) is -1.32. The summed E-state index contributed by atoms with van der Waals surface area (Å²) in [5, 5.41) is 33.4. The van der Waals surface area contributed by atoms with Crippen molar-refractivity contribution >= 4 is 45.6 Å². The molecule has 0 aliphatic heterocycles. The van der Waals surface area contributed by atoms with Crippen LogP contribution in [0.3, 0.4) is 0 Å². The highest BCUT2D eigenvalue weighted by Gasteiger charge is 2.31. The van der Waals surface area contributed by atoms with Crippen LogP contribution >= 0.6 is 0 Å². The Labute approximate surface area is 505 Å². The first kappa shape index (κ1) is 62.0. The van der Waals surface area contributed by atoms with Crippen molar-refractivity contribution in [3.05, 3.63) is 187 Å². The van der Waals surface area contributed by atoms with Gasteiger partial charge in [0.1, 0.15) is 35.1 Å². The van der Waals surface area contributed by atoms with Crippen molar-refractivity contribution in [2.45, 2.75) is 155 Å². The summed E-state index contributed by atoms with van der Waals surface area (Å²) < 4.78 is 24.0. The Morgan fingerprint density at radius 1 is 0.453 bits per heavy atom. The molecule has 6 N–H and O–H groups in total. The molecule has 14 nitrogen and oxygen atoms in total. The van der Waals surface area contributed by atoms with Gasteiger partial charge in [-0.1, -0.05) is 168 Å². The average molecular weight is 1170 g/mol. The van der Waals surface area contributed by atoms with Crippen LogP contribution in [0.25, 0.3) is 21.8 Å². The number of carbonyl (C=O) groups is 4. The third-order valence-electron chi connectivity index (χ3n) is 16.5. The molecule has 0 unspecified atom stereocenters. The number of benzene rings is 6. The number of carbonyl (C=O) groups excluding carboxylic acids is 4.